The monoisotopic (exact) mass is 417 g/mol. The van der Waals surface area contributed by atoms with Crippen LogP contribution in [-0.4, -0.2) is 36.3 Å². The largest absolute Gasteiger partial charge is 0.347 e. The van der Waals surface area contributed by atoms with Crippen LogP contribution in [0, 0.1) is 5.82 Å². The molecule has 0 atom stereocenters. The summed E-state index contributed by atoms with van der Waals surface area (Å²) in [7, 11) is -1.85. The Morgan fingerprint density at radius 3 is 2.45 bits per heavy atom. The molecule has 0 spiro atoms. The highest BCUT2D eigenvalue weighted by Gasteiger charge is 2.23. The van der Waals surface area contributed by atoms with E-state index >= 15 is 0 Å². The summed E-state index contributed by atoms with van der Waals surface area (Å²) in [5.41, 5.74) is 1.50. The van der Waals surface area contributed by atoms with Gasteiger partial charge in [-0.3, -0.25) is 4.79 Å². The summed E-state index contributed by atoms with van der Waals surface area (Å²) < 4.78 is 42.4. The van der Waals surface area contributed by atoms with Crippen LogP contribution >= 0.6 is 0 Å². The number of carbonyl (C=O) groups is 1. The number of aryl methyl sites for hydroxylation is 1. The fourth-order valence-corrected chi connectivity index (χ4v) is 4.82. The van der Waals surface area contributed by atoms with E-state index in [1.807, 2.05) is 0 Å². The van der Waals surface area contributed by atoms with Gasteiger partial charge in [0.05, 0.1) is 4.90 Å². The Balaban J connectivity index is 1.89. The number of aromatic nitrogens is 1. The molecule has 0 radical (unpaired) electrons. The van der Waals surface area contributed by atoms with Crippen molar-refractivity contribution in [3.8, 4) is 0 Å². The van der Waals surface area contributed by atoms with Gasteiger partial charge in [-0.25, -0.2) is 12.8 Å². The van der Waals surface area contributed by atoms with Crippen LogP contribution in [0.4, 0.5) is 4.39 Å². The molecule has 0 saturated heterocycles. The van der Waals surface area contributed by atoms with E-state index in [1.165, 1.54) is 10.4 Å². The number of hydrogen-bond acceptors (Lipinski definition) is 3. The molecule has 0 aliphatic carbocycles. The van der Waals surface area contributed by atoms with Gasteiger partial charge in [0.1, 0.15) is 11.5 Å². The van der Waals surface area contributed by atoms with Crippen molar-refractivity contribution in [2.45, 2.75) is 25.3 Å². The number of nitrogens with zero attached hydrogens (tertiary/aromatic N) is 2. The van der Waals surface area contributed by atoms with Gasteiger partial charge in [0, 0.05) is 43.1 Å². The van der Waals surface area contributed by atoms with Crippen LogP contribution in [0.1, 0.15) is 29.9 Å². The summed E-state index contributed by atoms with van der Waals surface area (Å²) in [4.78, 5) is 12.8. The summed E-state index contributed by atoms with van der Waals surface area (Å²) >= 11 is 0. The zero-order chi connectivity index (χ0) is 21.2. The highest BCUT2D eigenvalue weighted by Crippen LogP contribution is 2.24. The van der Waals surface area contributed by atoms with Crippen LogP contribution in [-0.2, 0) is 23.6 Å². The summed E-state index contributed by atoms with van der Waals surface area (Å²) in [6.07, 6.45) is 0. The van der Waals surface area contributed by atoms with Crippen molar-refractivity contribution >= 4 is 26.8 Å². The third kappa shape index (κ3) is 4.04. The van der Waals surface area contributed by atoms with Crippen LogP contribution < -0.4 is 5.32 Å². The van der Waals surface area contributed by atoms with Gasteiger partial charge in [-0.1, -0.05) is 32.0 Å². The number of rotatable bonds is 7. The maximum Gasteiger partial charge on any atom is 0.268 e. The quantitative estimate of drug-likeness (QED) is 0.641. The van der Waals surface area contributed by atoms with Crippen molar-refractivity contribution in [1.29, 1.82) is 0 Å². The van der Waals surface area contributed by atoms with E-state index < -0.39 is 10.0 Å². The first-order chi connectivity index (χ1) is 13.8. The number of amides is 1. The fraction of sp³-hybridized carbons (Fsp3) is 0.286. The molecule has 8 heteroatoms. The van der Waals surface area contributed by atoms with Gasteiger partial charge < -0.3 is 9.88 Å². The van der Waals surface area contributed by atoms with Crippen molar-refractivity contribution in [2.75, 3.05) is 13.1 Å². The smallest absolute Gasteiger partial charge is 0.268 e. The minimum atomic E-state index is -3.59. The van der Waals surface area contributed by atoms with Gasteiger partial charge in [0.2, 0.25) is 10.0 Å². The van der Waals surface area contributed by atoms with Crippen molar-refractivity contribution < 1.29 is 17.6 Å². The highest BCUT2D eigenvalue weighted by atomic mass is 32.2. The number of hydrogen-bond donors (Lipinski definition) is 1. The molecule has 0 aliphatic rings. The van der Waals surface area contributed by atoms with Crippen LogP contribution in [0.15, 0.2) is 53.4 Å². The molecule has 3 aromatic rings. The molecular formula is C21H24FN3O3S. The van der Waals surface area contributed by atoms with Crippen LogP contribution in [0.2, 0.25) is 0 Å². The standard InChI is InChI=1S/C21H24FN3O3S/c1-4-25(5-2)29(27,28)17-10-11-19-16(12-17)13-20(24(19)3)21(26)23-14-15-8-6-7-9-18(15)22/h6-13H,4-5,14H2,1-3H3,(H,23,26). The normalized spacial score (nSPS) is 11.9. The van der Waals surface area contributed by atoms with Crippen molar-refractivity contribution in [3.63, 3.8) is 0 Å². The van der Waals surface area contributed by atoms with E-state index in [2.05, 4.69) is 5.32 Å². The molecule has 0 fully saturated rings. The van der Waals surface area contributed by atoms with Gasteiger partial charge in [0.15, 0.2) is 0 Å². The van der Waals surface area contributed by atoms with Crippen LogP contribution in [0.3, 0.4) is 0 Å². The maximum absolute atomic E-state index is 13.8. The third-order valence-corrected chi connectivity index (χ3v) is 7.03. The lowest BCUT2D eigenvalue weighted by molar-refractivity contribution is 0.0943. The molecule has 1 heterocycles. The highest BCUT2D eigenvalue weighted by molar-refractivity contribution is 7.89. The molecule has 0 aliphatic heterocycles. The molecule has 1 N–H and O–H groups in total. The molecule has 0 bridgehead atoms. The lowest BCUT2D eigenvalue weighted by atomic mass is 10.2. The minimum Gasteiger partial charge on any atom is -0.347 e. The molecule has 6 nitrogen and oxygen atoms in total. The van der Waals surface area contributed by atoms with E-state index in [0.29, 0.717) is 29.7 Å². The zero-order valence-corrected chi connectivity index (χ0v) is 17.5. The summed E-state index contributed by atoms with van der Waals surface area (Å²) in [5, 5.41) is 3.36. The van der Waals surface area contributed by atoms with Gasteiger partial charge in [0.25, 0.3) is 5.91 Å². The number of carbonyl (C=O) groups excluding carboxylic acids is 1. The van der Waals surface area contributed by atoms with Gasteiger partial charge >= 0.3 is 0 Å². The van der Waals surface area contributed by atoms with Crippen LogP contribution in [0.5, 0.6) is 0 Å². The first-order valence-electron chi connectivity index (χ1n) is 9.40. The maximum atomic E-state index is 13.8. The second-order valence-electron chi connectivity index (χ2n) is 6.67. The molecule has 154 valence electrons. The second-order valence-corrected chi connectivity index (χ2v) is 8.61. The molecule has 29 heavy (non-hydrogen) atoms. The summed E-state index contributed by atoms with van der Waals surface area (Å²) in [6.45, 7) is 4.42. The number of halogens is 1. The van der Waals surface area contributed by atoms with Crippen molar-refractivity contribution in [3.05, 3.63) is 65.6 Å². The topological polar surface area (TPSA) is 71.4 Å². The van der Waals surface area contributed by atoms with E-state index in [4.69, 9.17) is 0 Å². The lowest BCUT2D eigenvalue weighted by Crippen LogP contribution is -2.30. The predicted octanol–water partition coefficient (Wildman–Crippen LogP) is 3.28. The Morgan fingerprint density at radius 1 is 1.10 bits per heavy atom. The van der Waals surface area contributed by atoms with E-state index in [-0.39, 0.29) is 23.2 Å². The molecule has 3 rings (SSSR count). The molecule has 0 saturated carbocycles. The van der Waals surface area contributed by atoms with E-state index in [9.17, 15) is 17.6 Å². The van der Waals surface area contributed by atoms with Crippen LogP contribution in [0.25, 0.3) is 10.9 Å². The Bertz CT molecular complexity index is 1150. The average molecular weight is 418 g/mol. The fourth-order valence-electron chi connectivity index (χ4n) is 3.33. The summed E-state index contributed by atoms with van der Waals surface area (Å²) in [5.74, 6) is -0.740. The molecule has 1 aromatic heterocycles. The van der Waals surface area contributed by atoms with E-state index in [1.54, 1.807) is 67.9 Å². The third-order valence-electron chi connectivity index (χ3n) is 4.99. The Morgan fingerprint density at radius 2 is 1.79 bits per heavy atom. The first-order valence-corrected chi connectivity index (χ1v) is 10.8. The average Bonchev–Trinajstić information content (AvgIpc) is 3.04. The van der Waals surface area contributed by atoms with Gasteiger partial charge in [-0.05, 0) is 30.3 Å². The summed E-state index contributed by atoms with van der Waals surface area (Å²) in [6, 6.07) is 12.7. The first kappa shape index (κ1) is 21.0. The van der Waals surface area contributed by atoms with E-state index in [0.717, 1.165) is 5.52 Å². The number of fused-ring (bicyclic) bond motifs is 1. The molecule has 1 amide bonds. The van der Waals surface area contributed by atoms with Gasteiger partial charge in [-0.15, -0.1) is 0 Å². The molecule has 0 unspecified atom stereocenters. The molecule has 2 aromatic carbocycles. The number of benzene rings is 2. The Labute approximate surface area is 170 Å². The Kier molecular flexibility index (Phi) is 6.04. The number of sulfonamides is 1. The zero-order valence-electron chi connectivity index (χ0n) is 16.6. The van der Waals surface area contributed by atoms with Gasteiger partial charge in [-0.2, -0.15) is 4.31 Å². The van der Waals surface area contributed by atoms with Crippen molar-refractivity contribution in [2.24, 2.45) is 7.05 Å². The second kappa shape index (κ2) is 8.34. The minimum absolute atomic E-state index is 0.0641. The Hall–Kier alpha value is -2.71. The number of nitrogens with one attached hydrogen (secondary N) is 1. The SMILES string of the molecule is CCN(CC)S(=O)(=O)c1ccc2c(c1)cc(C(=O)NCc1ccccc1F)n2C. The van der Waals surface area contributed by atoms with Crippen molar-refractivity contribution in [1.82, 2.24) is 14.2 Å². The molecular weight excluding hydrogens is 393 g/mol. The lowest BCUT2D eigenvalue weighted by Gasteiger charge is -2.18. The predicted molar refractivity (Wildman–Crippen MR) is 111 cm³/mol.